The van der Waals surface area contributed by atoms with Gasteiger partial charge in [-0.3, -0.25) is 4.79 Å². The van der Waals surface area contributed by atoms with Gasteiger partial charge in [-0.2, -0.15) is 0 Å². The van der Waals surface area contributed by atoms with Crippen LogP contribution in [0, 0.1) is 5.92 Å². The van der Waals surface area contributed by atoms with Crippen molar-refractivity contribution < 1.29 is 4.79 Å². The number of carbonyl (C=O) groups excluding carboxylic acids is 1. The van der Waals surface area contributed by atoms with Gasteiger partial charge in [0, 0.05) is 12.5 Å². The maximum Gasteiger partial charge on any atom is 0.219 e. The van der Waals surface area contributed by atoms with E-state index in [1.807, 2.05) is 6.92 Å². The zero-order chi connectivity index (χ0) is 8.97. The number of carbonyl (C=O) groups is 1. The van der Waals surface area contributed by atoms with E-state index >= 15 is 0 Å². The summed E-state index contributed by atoms with van der Waals surface area (Å²) in [6.45, 7) is 4.14. The maximum absolute atomic E-state index is 11.1. The monoisotopic (exact) mass is 169 g/mol. The molecule has 1 aliphatic carbocycles. The zero-order valence-electron chi connectivity index (χ0n) is 8.10. The Kier molecular flexibility index (Phi) is 3.57. The second kappa shape index (κ2) is 4.48. The van der Waals surface area contributed by atoms with Crippen LogP contribution in [-0.4, -0.2) is 11.9 Å². The molecule has 0 spiro atoms. The predicted octanol–water partition coefficient (Wildman–Crippen LogP) is 2.09. The van der Waals surface area contributed by atoms with Crippen LogP contribution in [0.25, 0.3) is 0 Å². The predicted molar refractivity (Wildman–Crippen MR) is 49.9 cm³/mol. The van der Waals surface area contributed by atoms with E-state index < -0.39 is 0 Å². The van der Waals surface area contributed by atoms with Crippen LogP contribution in [0.2, 0.25) is 0 Å². The lowest BCUT2D eigenvalue weighted by Crippen LogP contribution is -2.32. The SMILES string of the molecule is CCC(=O)N[C@@H]1CC[C@@H](CC)C1. The summed E-state index contributed by atoms with van der Waals surface area (Å²) in [7, 11) is 0. The van der Waals surface area contributed by atoms with Gasteiger partial charge in [0.15, 0.2) is 0 Å². The van der Waals surface area contributed by atoms with Crippen LogP contribution in [0.4, 0.5) is 0 Å². The van der Waals surface area contributed by atoms with Crippen LogP contribution in [0.1, 0.15) is 46.0 Å². The Bertz CT molecular complexity index is 156. The molecule has 2 nitrogen and oxygen atoms in total. The Labute approximate surface area is 74.7 Å². The topological polar surface area (TPSA) is 29.1 Å². The zero-order valence-corrected chi connectivity index (χ0v) is 8.10. The molecule has 1 fully saturated rings. The van der Waals surface area contributed by atoms with Gasteiger partial charge < -0.3 is 5.32 Å². The molecule has 2 atom stereocenters. The van der Waals surface area contributed by atoms with E-state index in [0.717, 1.165) is 5.92 Å². The molecule has 1 amide bonds. The van der Waals surface area contributed by atoms with Gasteiger partial charge in [0.05, 0.1) is 0 Å². The van der Waals surface area contributed by atoms with Crippen molar-refractivity contribution in [3.05, 3.63) is 0 Å². The summed E-state index contributed by atoms with van der Waals surface area (Å²) in [4.78, 5) is 11.1. The molecule has 70 valence electrons. The summed E-state index contributed by atoms with van der Waals surface area (Å²) in [6.07, 6.45) is 5.56. The highest BCUT2D eigenvalue weighted by Gasteiger charge is 2.23. The molecule has 0 aliphatic heterocycles. The van der Waals surface area contributed by atoms with Crippen molar-refractivity contribution in [1.29, 1.82) is 0 Å². The summed E-state index contributed by atoms with van der Waals surface area (Å²) in [5.74, 6) is 1.06. The van der Waals surface area contributed by atoms with Crippen molar-refractivity contribution in [2.45, 2.75) is 52.0 Å². The molecule has 2 heteroatoms. The molecule has 0 saturated heterocycles. The van der Waals surface area contributed by atoms with E-state index in [-0.39, 0.29) is 5.91 Å². The van der Waals surface area contributed by atoms with Gasteiger partial charge in [-0.25, -0.2) is 0 Å². The fourth-order valence-corrected chi connectivity index (χ4v) is 1.91. The van der Waals surface area contributed by atoms with Gasteiger partial charge in [0.1, 0.15) is 0 Å². The molecule has 0 aromatic rings. The highest BCUT2D eigenvalue weighted by Crippen LogP contribution is 2.27. The molecule has 0 bridgehead atoms. The third-order valence-corrected chi connectivity index (χ3v) is 2.80. The standard InChI is InChI=1S/C10H19NO/c1-3-8-5-6-9(7-8)11-10(12)4-2/h8-9H,3-7H2,1-2H3,(H,11,12)/t8-,9-/m1/s1. The minimum Gasteiger partial charge on any atom is -0.353 e. The fourth-order valence-electron chi connectivity index (χ4n) is 1.91. The summed E-state index contributed by atoms with van der Waals surface area (Å²) >= 11 is 0. The third kappa shape index (κ3) is 2.50. The Morgan fingerprint density at radius 1 is 1.42 bits per heavy atom. The molecule has 0 heterocycles. The molecule has 0 radical (unpaired) electrons. The first-order valence-corrected chi connectivity index (χ1v) is 5.05. The van der Waals surface area contributed by atoms with Crippen LogP contribution in [0.5, 0.6) is 0 Å². The highest BCUT2D eigenvalue weighted by atomic mass is 16.1. The first-order valence-electron chi connectivity index (χ1n) is 5.05. The summed E-state index contributed by atoms with van der Waals surface area (Å²) in [5, 5.41) is 3.05. The lowest BCUT2D eigenvalue weighted by Gasteiger charge is -2.11. The molecule has 1 aliphatic rings. The summed E-state index contributed by atoms with van der Waals surface area (Å²) in [5.41, 5.74) is 0. The molecule has 0 unspecified atom stereocenters. The van der Waals surface area contributed by atoms with E-state index in [2.05, 4.69) is 12.2 Å². The summed E-state index contributed by atoms with van der Waals surface area (Å²) in [6, 6.07) is 0.474. The number of hydrogen-bond donors (Lipinski definition) is 1. The quantitative estimate of drug-likeness (QED) is 0.688. The van der Waals surface area contributed by atoms with E-state index in [9.17, 15) is 4.79 Å². The molecular weight excluding hydrogens is 150 g/mol. The Morgan fingerprint density at radius 3 is 2.67 bits per heavy atom. The Balaban J connectivity index is 2.23. The van der Waals surface area contributed by atoms with E-state index in [1.165, 1.54) is 25.7 Å². The Morgan fingerprint density at radius 2 is 2.17 bits per heavy atom. The van der Waals surface area contributed by atoms with E-state index in [4.69, 9.17) is 0 Å². The second-order valence-corrected chi connectivity index (χ2v) is 3.71. The van der Waals surface area contributed by atoms with Gasteiger partial charge in [-0.05, 0) is 25.2 Å². The molecule has 1 saturated carbocycles. The second-order valence-electron chi connectivity index (χ2n) is 3.71. The average molecular weight is 169 g/mol. The molecule has 0 aromatic carbocycles. The summed E-state index contributed by atoms with van der Waals surface area (Å²) < 4.78 is 0. The Hall–Kier alpha value is -0.530. The van der Waals surface area contributed by atoms with Crippen molar-refractivity contribution in [2.24, 2.45) is 5.92 Å². The number of nitrogens with one attached hydrogen (secondary N) is 1. The van der Waals surface area contributed by atoms with Crippen molar-refractivity contribution in [3.63, 3.8) is 0 Å². The van der Waals surface area contributed by atoms with E-state index in [0.29, 0.717) is 12.5 Å². The van der Waals surface area contributed by atoms with Gasteiger partial charge in [-0.1, -0.05) is 20.3 Å². The maximum atomic E-state index is 11.1. The third-order valence-electron chi connectivity index (χ3n) is 2.80. The largest absolute Gasteiger partial charge is 0.353 e. The molecule has 1 N–H and O–H groups in total. The van der Waals surface area contributed by atoms with Crippen LogP contribution in [0.15, 0.2) is 0 Å². The van der Waals surface area contributed by atoms with Crippen LogP contribution < -0.4 is 5.32 Å². The molecule has 1 rings (SSSR count). The van der Waals surface area contributed by atoms with Crippen LogP contribution in [0.3, 0.4) is 0 Å². The van der Waals surface area contributed by atoms with Gasteiger partial charge in [0.25, 0.3) is 0 Å². The van der Waals surface area contributed by atoms with Crippen molar-refractivity contribution >= 4 is 5.91 Å². The van der Waals surface area contributed by atoms with Gasteiger partial charge >= 0.3 is 0 Å². The fraction of sp³-hybridized carbons (Fsp3) is 0.900. The van der Waals surface area contributed by atoms with Crippen molar-refractivity contribution in [3.8, 4) is 0 Å². The molecule has 12 heavy (non-hydrogen) atoms. The van der Waals surface area contributed by atoms with E-state index in [1.54, 1.807) is 0 Å². The number of rotatable bonds is 3. The van der Waals surface area contributed by atoms with Crippen molar-refractivity contribution in [2.75, 3.05) is 0 Å². The van der Waals surface area contributed by atoms with Crippen LogP contribution >= 0.6 is 0 Å². The van der Waals surface area contributed by atoms with Gasteiger partial charge in [0.2, 0.25) is 5.91 Å². The highest BCUT2D eigenvalue weighted by molar-refractivity contribution is 5.75. The lowest BCUT2D eigenvalue weighted by atomic mass is 10.1. The lowest BCUT2D eigenvalue weighted by molar-refractivity contribution is -0.121. The number of hydrogen-bond acceptors (Lipinski definition) is 1. The molecular formula is C10H19NO. The van der Waals surface area contributed by atoms with Gasteiger partial charge in [-0.15, -0.1) is 0 Å². The smallest absolute Gasteiger partial charge is 0.219 e. The normalized spacial score (nSPS) is 28.8. The number of amides is 1. The molecule has 0 aromatic heterocycles. The first kappa shape index (κ1) is 9.56. The minimum absolute atomic E-state index is 0.205. The first-order chi connectivity index (χ1) is 5.76. The van der Waals surface area contributed by atoms with Crippen molar-refractivity contribution in [1.82, 2.24) is 5.32 Å². The average Bonchev–Trinajstić information content (AvgIpc) is 2.52. The van der Waals surface area contributed by atoms with Crippen LogP contribution in [-0.2, 0) is 4.79 Å². The minimum atomic E-state index is 0.205.